The van der Waals surface area contributed by atoms with Gasteiger partial charge in [0.05, 0.1) is 30.1 Å². The molecule has 0 unspecified atom stereocenters. The van der Waals surface area contributed by atoms with E-state index in [9.17, 15) is 9.18 Å². The molecule has 0 spiro atoms. The van der Waals surface area contributed by atoms with E-state index in [1.54, 1.807) is 0 Å². The van der Waals surface area contributed by atoms with Gasteiger partial charge < -0.3 is 10.4 Å². The highest BCUT2D eigenvalue weighted by atomic mass is 19.1. The van der Waals surface area contributed by atoms with Gasteiger partial charge in [-0.1, -0.05) is 5.21 Å². The van der Waals surface area contributed by atoms with Gasteiger partial charge in [-0.05, 0) is 18.2 Å². The quantitative estimate of drug-likeness (QED) is 0.843. The van der Waals surface area contributed by atoms with Gasteiger partial charge >= 0.3 is 5.97 Å². The van der Waals surface area contributed by atoms with Crippen LogP contribution in [0.3, 0.4) is 0 Å². The number of halogens is 1. The number of nitrogens with zero attached hydrogens (tertiary/aromatic N) is 4. The Morgan fingerprint density at radius 3 is 3.00 bits per heavy atom. The van der Waals surface area contributed by atoms with Crippen molar-refractivity contribution in [3.8, 4) is 6.07 Å². The predicted molar refractivity (Wildman–Crippen MR) is 66.1 cm³/mol. The molecular weight excluding hydrogens is 265 g/mol. The van der Waals surface area contributed by atoms with Gasteiger partial charge in [0.15, 0.2) is 0 Å². The first-order valence-electron chi connectivity index (χ1n) is 5.63. The van der Waals surface area contributed by atoms with E-state index in [0.29, 0.717) is 5.69 Å². The number of anilines is 1. The van der Waals surface area contributed by atoms with Crippen molar-refractivity contribution in [1.82, 2.24) is 15.0 Å². The zero-order chi connectivity index (χ0) is 14.5. The fourth-order valence-electron chi connectivity index (χ4n) is 1.55. The van der Waals surface area contributed by atoms with Crippen LogP contribution in [0.2, 0.25) is 0 Å². The fourth-order valence-corrected chi connectivity index (χ4v) is 1.55. The van der Waals surface area contributed by atoms with E-state index < -0.39 is 11.8 Å². The van der Waals surface area contributed by atoms with Crippen LogP contribution in [-0.2, 0) is 17.9 Å². The molecule has 1 aromatic carbocycles. The Morgan fingerprint density at radius 1 is 1.55 bits per heavy atom. The lowest BCUT2D eigenvalue weighted by molar-refractivity contribution is -0.137. The molecule has 0 aliphatic heterocycles. The third-order valence-electron chi connectivity index (χ3n) is 2.44. The Labute approximate surface area is 113 Å². The highest BCUT2D eigenvalue weighted by Gasteiger charge is 2.06. The normalized spacial score (nSPS) is 10.0. The average Bonchev–Trinajstić information content (AvgIpc) is 2.84. The van der Waals surface area contributed by atoms with Gasteiger partial charge in [-0.3, -0.25) is 4.79 Å². The summed E-state index contributed by atoms with van der Waals surface area (Å²) >= 11 is 0. The lowest BCUT2D eigenvalue weighted by Gasteiger charge is -2.05. The van der Waals surface area contributed by atoms with Crippen LogP contribution < -0.4 is 5.32 Å². The van der Waals surface area contributed by atoms with Crippen molar-refractivity contribution in [2.45, 2.75) is 13.1 Å². The number of hydrogen-bond acceptors (Lipinski definition) is 5. The minimum absolute atomic E-state index is 0.197. The van der Waals surface area contributed by atoms with E-state index >= 15 is 0 Å². The van der Waals surface area contributed by atoms with Crippen molar-refractivity contribution in [3.05, 3.63) is 41.5 Å². The zero-order valence-corrected chi connectivity index (χ0v) is 10.2. The molecule has 0 atom stereocenters. The van der Waals surface area contributed by atoms with Crippen LogP contribution in [0.25, 0.3) is 0 Å². The maximum Gasteiger partial charge on any atom is 0.325 e. The summed E-state index contributed by atoms with van der Waals surface area (Å²) in [6.07, 6.45) is 1.46. The van der Waals surface area contributed by atoms with Gasteiger partial charge in [0.25, 0.3) is 0 Å². The first-order chi connectivity index (χ1) is 9.58. The summed E-state index contributed by atoms with van der Waals surface area (Å²) in [6.45, 7) is -0.0827. The van der Waals surface area contributed by atoms with E-state index in [2.05, 4.69) is 15.6 Å². The second-order valence-corrected chi connectivity index (χ2v) is 3.96. The largest absolute Gasteiger partial charge is 0.480 e. The van der Waals surface area contributed by atoms with Gasteiger partial charge in [0, 0.05) is 0 Å². The molecule has 2 N–H and O–H groups in total. The van der Waals surface area contributed by atoms with Crippen LogP contribution >= 0.6 is 0 Å². The van der Waals surface area contributed by atoms with E-state index in [-0.39, 0.29) is 24.3 Å². The number of carbonyl (C=O) groups is 1. The highest BCUT2D eigenvalue weighted by molar-refractivity contribution is 5.66. The van der Waals surface area contributed by atoms with Crippen LogP contribution in [0.5, 0.6) is 0 Å². The molecule has 0 amide bonds. The van der Waals surface area contributed by atoms with Gasteiger partial charge in [0.2, 0.25) is 0 Å². The standard InChI is InChI=1S/C12H10FN5O2/c13-10-3-8(4-14)1-2-11(10)15-5-9-6-18(17-16-9)7-12(19)20/h1-3,6,15H,5,7H2,(H,19,20). The SMILES string of the molecule is N#Cc1ccc(NCc2cn(CC(=O)O)nn2)c(F)c1. The first kappa shape index (κ1) is 13.5. The Morgan fingerprint density at radius 2 is 2.35 bits per heavy atom. The van der Waals surface area contributed by atoms with E-state index in [0.717, 1.165) is 6.07 Å². The second-order valence-electron chi connectivity index (χ2n) is 3.96. The molecule has 0 aliphatic rings. The van der Waals surface area contributed by atoms with Crippen molar-refractivity contribution in [3.63, 3.8) is 0 Å². The number of nitrogens with one attached hydrogen (secondary N) is 1. The molecular formula is C12H10FN5O2. The summed E-state index contributed by atoms with van der Waals surface area (Å²) < 4.78 is 14.8. The van der Waals surface area contributed by atoms with Crippen molar-refractivity contribution >= 4 is 11.7 Å². The summed E-state index contributed by atoms with van der Waals surface area (Å²) in [5, 5.41) is 27.4. The second kappa shape index (κ2) is 5.79. The molecule has 1 heterocycles. The molecule has 0 fully saturated rings. The summed E-state index contributed by atoms with van der Waals surface area (Å²) in [4.78, 5) is 10.5. The molecule has 1 aromatic heterocycles. The van der Waals surface area contributed by atoms with Gasteiger partial charge in [-0.2, -0.15) is 5.26 Å². The highest BCUT2D eigenvalue weighted by Crippen LogP contribution is 2.15. The predicted octanol–water partition coefficient (Wildman–Crippen LogP) is 0.986. The lowest BCUT2D eigenvalue weighted by Crippen LogP contribution is -2.09. The van der Waals surface area contributed by atoms with Crippen LogP contribution in [0.4, 0.5) is 10.1 Å². The molecule has 0 radical (unpaired) electrons. The van der Waals surface area contributed by atoms with Gasteiger partial charge in [-0.25, -0.2) is 9.07 Å². The maximum atomic E-state index is 13.6. The Balaban J connectivity index is 2.00. The number of carboxylic acids is 1. The molecule has 2 aromatic rings. The van der Waals surface area contributed by atoms with Crippen LogP contribution in [0.15, 0.2) is 24.4 Å². The summed E-state index contributed by atoms with van der Waals surface area (Å²) in [6, 6.07) is 5.92. The van der Waals surface area contributed by atoms with E-state index in [4.69, 9.17) is 10.4 Å². The Kier molecular flexibility index (Phi) is 3.91. The topological polar surface area (TPSA) is 104 Å². The number of carboxylic acid groups (broad SMARTS) is 1. The molecule has 7 nitrogen and oxygen atoms in total. The number of nitriles is 1. The molecule has 0 saturated heterocycles. The lowest BCUT2D eigenvalue weighted by atomic mass is 10.2. The van der Waals surface area contributed by atoms with Crippen molar-refractivity contribution in [2.24, 2.45) is 0 Å². The van der Waals surface area contributed by atoms with Crippen molar-refractivity contribution in [2.75, 3.05) is 5.32 Å². The smallest absolute Gasteiger partial charge is 0.325 e. The maximum absolute atomic E-state index is 13.6. The van der Waals surface area contributed by atoms with Crippen LogP contribution in [0.1, 0.15) is 11.3 Å². The Hall–Kier alpha value is -2.95. The molecule has 0 saturated carbocycles. The summed E-state index contributed by atoms with van der Waals surface area (Å²) in [5.74, 6) is -1.56. The van der Waals surface area contributed by atoms with Gasteiger partial charge in [0.1, 0.15) is 18.1 Å². The van der Waals surface area contributed by atoms with Gasteiger partial charge in [-0.15, -0.1) is 5.10 Å². The van der Waals surface area contributed by atoms with Crippen LogP contribution in [0, 0.1) is 17.1 Å². The number of hydrogen-bond donors (Lipinski definition) is 2. The number of aliphatic carboxylic acids is 1. The number of benzene rings is 1. The molecule has 2 rings (SSSR count). The monoisotopic (exact) mass is 275 g/mol. The fraction of sp³-hybridized carbons (Fsp3) is 0.167. The molecule has 8 heteroatoms. The third kappa shape index (κ3) is 3.29. The minimum atomic E-state index is -1.02. The summed E-state index contributed by atoms with van der Waals surface area (Å²) in [5.41, 5.74) is 0.951. The first-order valence-corrected chi connectivity index (χ1v) is 5.63. The molecule has 0 aliphatic carbocycles. The van der Waals surface area contributed by atoms with Crippen LogP contribution in [-0.4, -0.2) is 26.1 Å². The van der Waals surface area contributed by atoms with Crippen molar-refractivity contribution < 1.29 is 14.3 Å². The third-order valence-corrected chi connectivity index (χ3v) is 2.44. The van der Waals surface area contributed by atoms with E-state index in [1.165, 1.54) is 23.0 Å². The number of rotatable bonds is 5. The van der Waals surface area contributed by atoms with Crippen molar-refractivity contribution in [1.29, 1.82) is 5.26 Å². The number of aromatic nitrogens is 3. The summed E-state index contributed by atoms with van der Waals surface area (Å²) in [7, 11) is 0. The Bertz CT molecular complexity index is 677. The molecule has 0 bridgehead atoms. The minimum Gasteiger partial charge on any atom is -0.480 e. The molecule has 20 heavy (non-hydrogen) atoms. The zero-order valence-electron chi connectivity index (χ0n) is 10.2. The molecule has 102 valence electrons. The van der Waals surface area contributed by atoms with E-state index in [1.807, 2.05) is 6.07 Å². The average molecular weight is 275 g/mol.